The number of amides is 1. The van der Waals surface area contributed by atoms with Gasteiger partial charge in [0.2, 0.25) is 5.91 Å². The van der Waals surface area contributed by atoms with Crippen molar-refractivity contribution < 1.29 is 9.53 Å². The first kappa shape index (κ1) is 14.4. The van der Waals surface area contributed by atoms with E-state index < -0.39 is 5.92 Å². The number of rotatable bonds is 5. The number of nitriles is 1. The molecule has 1 N–H and O–H groups in total. The van der Waals surface area contributed by atoms with Gasteiger partial charge in [0, 0.05) is 12.5 Å². The van der Waals surface area contributed by atoms with Crippen molar-refractivity contribution in [2.45, 2.75) is 44.1 Å². The summed E-state index contributed by atoms with van der Waals surface area (Å²) in [6.45, 7) is 0. The van der Waals surface area contributed by atoms with E-state index in [1.165, 1.54) is 12.8 Å². The third kappa shape index (κ3) is 3.74. The van der Waals surface area contributed by atoms with Gasteiger partial charge in [0.15, 0.2) is 0 Å². The summed E-state index contributed by atoms with van der Waals surface area (Å²) in [6.07, 6.45) is 4.69. The van der Waals surface area contributed by atoms with Gasteiger partial charge in [-0.25, -0.2) is 0 Å². The van der Waals surface area contributed by atoms with Gasteiger partial charge in [-0.1, -0.05) is 25.0 Å². The Morgan fingerprint density at radius 2 is 2.25 bits per heavy atom. The molecule has 1 aliphatic rings. The molecule has 1 aromatic rings. The van der Waals surface area contributed by atoms with Crippen molar-refractivity contribution in [2.75, 3.05) is 7.11 Å². The molecule has 1 aliphatic carbocycles. The average molecular weight is 272 g/mol. The third-order valence-electron chi connectivity index (χ3n) is 3.76. The highest BCUT2D eigenvalue weighted by molar-refractivity contribution is 5.77. The van der Waals surface area contributed by atoms with Gasteiger partial charge in [-0.15, -0.1) is 0 Å². The topological polar surface area (TPSA) is 62.1 Å². The van der Waals surface area contributed by atoms with E-state index in [0.717, 1.165) is 18.4 Å². The van der Waals surface area contributed by atoms with Crippen molar-refractivity contribution in [3.8, 4) is 11.8 Å². The number of hydrogen-bond donors (Lipinski definition) is 1. The highest BCUT2D eigenvalue weighted by Crippen LogP contribution is 2.24. The normalized spacial score (nSPS) is 16.4. The van der Waals surface area contributed by atoms with Crippen LogP contribution in [-0.4, -0.2) is 19.1 Å². The Labute approximate surface area is 119 Å². The summed E-state index contributed by atoms with van der Waals surface area (Å²) < 4.78 is 5.15. The SMILES string of the molecule is COc1cccc(C(C#N)CC(=O)NC2CCCC2)c1. The van der Waals surface area contributed by atoms with Crippen LogP contribution in [0.4, 0.5) is 0 Å². The van der Waals surface area contributed by atoms with E-state index in [4.69, 9.17) is 4.74 Å². The molecule has 1 amide bonds. The number of ether oxygens (including phenoxy) is 1. The lowest BCUT2D eigenvalue weighted by Crippen LogP contribution is -2.33. The third-order valence-corrected chi connectivity index (χ3v) is 3.76. The predicted octanol–water partition coefficient (Wildman–Crippen LogP) is 2.75. The Morgan fingerprint density at radius 3 is 2.90 bits per heavy atom. The number of methoxy groups -OCH3 is 1. The zero-order chi connectivity index (χ0) is 14.4. The number of nitrogens with one attached hydrogen (secondary N) is 1. The molecule has 0 aromatic heterocycles. The fraction of sp³-hybridized carbons (Fsp3) is 0.500. The van der Waals surface area contributed by atoms with Crippen LogP contribution in [0.3, 0.4) is 0 Å². The molecule has 106 valence electrons. The van der Waals surface area contributed by atoms with E-state index >= 15 is 0 Å². The zero-order valence-corrected chi connectivity index (χ0v) is 11.8. The van der Waals surface area contributed by atoms with Crippen LogP contribution < -0.4 is 10.1 Å². The average Bonchev–Trinajstić information content (AvgIpc) is 2.97. The van der Waals surface area contributed by atoms with Crippen LogP contribution in [0.25, 0.3) is 0 Å². The first-order valence-corrected chi connectivity index (χ1v) is 7.06. The molecule has 0 aliphatic heterocycles. The highest BCUT2D eigenvalue weighted by Gasteiger charge is 2.20. The van der Waals surface area contributed by atoms with Gasteiger partial charge in [0.25, 0.3) is 0 Å². The first-order chi connectivity index (χ1) is 9.72. The molecule has 1 atom stereocenters. The van der Waals surface area contributed by atoms with Crippen molar-refractivity contribution in [2.24, 2.45) is 0 Å². The summed E-state index contributed by atoms with van der Waals surface area (Å²) in [5, 5.41) is 12.3. The highest BCUT2D eigenvalue weighted by atomic mass is 16.5. The van der Waals surface area contributed by atoms with Gasteiger partial charge in [-0.2, -0.15) is 5.26 Å². The molecule has 0 heterocycles. The van der Waals surface area contributed by atoms with Crippen molar-refractivity contribution >= 4 is 5.91 Å². The largest absolute Gasteiger partial charge is 0.497 e. The Bertz CT molecular complexity index is 501. The minimum Gasteiger partial charge on any atom is -0.497 e. The molecule has 1 unspecified atom stereocenters. The Hall–Kier alpha value is -2.02. The second-order valence-electron chi connectivity index (χ2n) is 5.21. The summed E-state index contributed by atoms with van der Waals surface area (Å²) in [7, 11) is 1.59. The summed E-state index contributed by atoms with van der Waals surface area (Å²) in [6, 6.07) is 9.85. The molecule has 4 heteroatoms. The van der Waals surface area contributed by atoms with Gasteiger partial charge in [0.05, 0.1) is 19.1 Å². The van der Waals surface area contributed by atoms with E-state index in [1.807, 2.05) is 24.3 Å². The van der Waals surface area contributed by atoms with Crippen LogP contribution in [0.5, 0.6) is 5.75 Å². The molecule has 1 saturated carbocycles. The summed E-state index contributed by atoms with van der Waals surface area (Å²) >= 11 is 0. The van der Waals surface area contributed by atoms with Crippen LogP contribution in [-0.2, 0) is 4.79 Å². The van der Waals surface area contributed by atoms with Crippen LogP contribution in [0, 0.1) is 11.3 Å². The van der Waals surface area contributed by atoms with E-state index in [9.17, 15) is 10.1 Å². The minimum absolute atomic E-state index is 0.0359. The number of hydrogen-bond acceptors (Lipinski definition) is 3. The maximum atomic E-state index is 12.0. The lowest BCUT2D eigenvalue weighted by molar-refractivity contribution is -0.121. The van der Waals surface area contributed by atoms with E-state index in [1.54, 1.807) is 7.11 Å². The van der Waals surface area contributed by atoms with Crippen molar-refractivity contribution in [3.05, 3.63) is 29.8 Å². The van der Waals surface area contributed by atoms with Gasteiger partial charge in [0.1, 0.15) is 5.75 Å². The number of benzene rings is 1. The van der Waals surface area contributed by atoms with Crippen LogP contribution in [0.15, 0.2) is 24.3 Å². The lowest BCUT2D eigenvalue weighted by Gasteiger charge is -2.14. The van der Waals surface area contributed by atoms with E-state index in [0.29, 0.717) is 11.8 Å². The molecule has 1 fully saturated rings. The second kappa shape index (κ2) is 6.95. The molecule has 0 spiro atoms. The van der Waals surface area contributed by atoms with Gasteiger partial charge in [-0.05, 0) is 30.5 Å². The second-order valence-corrected chi connectivity index (χ2v) is 5.21. The molecule has 20 heavy (non-hydrogen) atoms. The minimum atomic E-state index is -0.425. The van der Waals surface area contributed by atoms with Crippen LogP contribution in [0.2, 0.25) is 0 Å². The predicted molar refractivity (Wildman–Crippen MR) is 76.4 cm³/mol. The molecular formula is C16H20N2O2. The monoisotopic (exact) mass is 272 g/mol. The summed E-state index contributed by atoms with van der Waals surface area (Å²) in [4.78, 5) is 12.0. The molecular weight excluding hydrogens is 252 g/mol. The smallest absolute Gasteiger partial charge is 0.221 e. The molecule has 4 nitrogen and oxygen atoms in total. The van der Waals surface area contributed by atoms with E-state index in [-0.39, 0.29) is 12.3 Å². The van der Waals surface area contributed by atoms with Crippen LogP contribution in [0.1, 0.15) is 43.6 Å². The maximum absolute atomic E-state index is 12.0. The van der Waals surface area contributed by atoms with Gasteiger partial charge >= 0.3 is 0 Å². The van der Waals surface area contributed by atoms with Crippen molar-refractivity contribution in [3.63, 3.8) is 0 Å². The van der Waals surface area contributed by atoms with Crippen LogP contribution >= 0.6 is 0 Å². The number of carbonyl (C=O) groups is 1. The fourth-order valence-electron chi connectivity index (χ4n) is 2.64. The van der Waals surface area contributed by atoms with Crippen molar-refractivity contribution in [1.29, 1.82) is 5.26 Å². The molecule has 0 saturated heterocycles. The molecule has 2 rings (SSSR count). The number of nitrogens with zero attached hydrogens (tertiary/aromatic N) is 1. The molecule has 0 bridgehead atoms. The Balaban J connectivity index is 1.97. The number of carbonyl (C=O) groups excluding carboxylic acids is 1. The van der Waals surface area contributed by atoms with Gasteiger partial charge < -0.3 is 10.1 Å². The first-order valence-electron chi connectivity index (χ1n) is 7.06. The summed E-state index contributed by atoms with van der Waals surface area (Å²) in [5.74, 6) is 0.247. The summed E-state index contributed by atoms with van der Waals surface area (Å²) in [5.41, 5.74) is 0.827. The molecule has 1 aromatic carbocycles. The standard InChI is InChI=1S/C16H20N2O2/c1-20-15-8-4-5-12(9-15)13(11-17)10-16(19)18-14-6-2-3-7-14/h4-5,8-9,13-14H,2-3,6-7,10H2,1H3,(H,18,19). The fourth-order valence-corrected chi connectivity index (χ4v) is 2.64. The Morgan fingerprint density at radius 1 is 1.50 bits per heavy atom. The van der Waals surface area contributed by atoms with E-state index in [2.05, 4.69) is 11.4 Å². The zero-order valence-electron chi connectivity index (χ0n) is 11.8. The van der Waals surface area contributed by atoms with Crippen molar-refractivity contribution in [1.82, 2.24) is 5.32 Å². The maximum Gasteiger partial charge on any atom is 0.221 e. The quantitative estimate of drug-likeness (QED) is 0.896. The Kier molecular flexibility index (Phi) is 5.00. The van der Waals surface area contributed by atoms with Gasteiger partial charge in [-0.3, -0.25) is 4.79 Å². The lowest BCUT2D eigenvalue weighted by atomic mass is 9.96. The molecule has 0 radical (unpaired) electrons.